The number of aromatic nitrogens is 1. The highest BCUT2D eigenvalue weighted by atomic mass is 16.7. The molecule has 0 saturated carbocycles. The fraction of sp³-hybridized carbons (Fsp3) is 0.784. The molecule has 1 aromatic carbocycles. The van der Waals surface area contributed by atoms with Crippen LogP contribution in [-0.2, 0) is 33.2 Å². The van der Waals surface area contributed by atoms with Crippen molar-refractivity contribution in [2.24, 2.45) is 17.8 Å². The molecular formula is C51H87N5O14. The summed E-state index contributed by atoms with van der Waals surface area (Å²) in [6.45, 7) is 20.1. The van der Waals surface area contributed by atoms with E-state index in [1.54, 1.807) is 55.4 Å². The van der Waals surface area contributed by atoms with Gasteiger partial charge in [0, 0.05) is 56.7 Å². The van der Waals surface area contributed by atoms with Crippen molar-refractivity contribution in [2.45, 2.75) is 193 Å². The number of carbonyl (C=O) groups excluding carboxylic acids is 2. The number of aryl methyl sites for hydroxylation is 1. The Labute approximate surface area is 415 Å². The van der Waals surface area contributed by atoms with E-state index in [0.29, 0.717) is 43.1 Å². The minimum atomic E-state index is -1.94. The van der Waals surface area contributed by atoms with E-state index in [9.17, 15) is 35.1 Å². The molecule has 0 unspecified atom stereocenters. The van der Waals surface area contributed by atoms with Crippen LogP contribution in [0.25, 0.3) is 11.3 Å². The third-order valence-electron chi connectivity index (χ3n) is 14.2. The number of esters is 1. The molecule has 17 atom stereocenters. The molecule has 2 aromatic rings. The third-order valence-corrected chi connectivity index (χ3v) is 14.2. The number of cyclic esters (lactones) is 1. The Morgan fingerprint density at radius 2 is 1.74 bits per heavy atom. The molecule has 19 heteroatoms. The molecule has 0 radical (unpaired) electrons. The van der Waals surface area contributed by atoms with E-state index in [1.807, 2.05) is 68.1 Å². The minimum absolute atomic E-state index is 0.126. The Morgan fingerprint density at radius 1 is 1.07 bits per heavy atom. The van der Waals surface area contributed by atoms with Crippen LogP contribution in [0.1, 0.15) is 107 Å². The maximum Gasteiger partial charge on any atom is 0.319 e. The third kappa shape index (κ3) is 15.6. The highest BCUT2D eigenvalue weighted by Gasteiger charge is 2.51. The highest BCUT2D eigenvalue weighted by Crippen LogP contribution is 2.39. The van der Waals surface area contributed by atoms with Gasteiger partial charge in [0.15, 0.2) is 18.3 Å². The Hall–Kier alpha value is -3.31. The summed E-state index contributed by atoms with van der Waals surface area (Å²) in [4.78, 5) is 31.7. The summed E-state index contributed by atoms with van der Waals surface area (Å²) in [6, 6.07) is 7.83. The number of benzene rings is 1. The van der Waals surface area contributed by atoms with Gasteiger partial charge in [0.2, 0.25) is 0 Å². The van der Waals surface area contributed by atoms with Crippen LogP contribution in [0.15, 0.2) is 34.9 Å². The molecule has 3 heterocycles. The Kier molecular flexibility index (Phi) is 22.5. The zero-order valence-corrected chi connectivity index (χ0v) is 44.2. The number of ether oxygens (including phenoxy) is 6. The standard InChI is InChI=1S/C51H87N5O14/c1-15-39-51(11,63)45(59)34(7)56(24-19-23-52-49(61)53-41-33(6)54-70-44(41)37-20-17-16-18-21-37)28-29(2)27-50(10,62)46(69-48-42(58)38(55(12)13)26-30(3)65-48)31(4)43(32(5)47(60)67-39)68-40(22-25-64-14)66-36(9)35(8)57/h16-18,20-21,29-32,34-36,38-40,42-43,45-46,48,57-59,62-63H,15,19,22-28H2,1-14H3,(H2,52,53,61)/t29-,30-,31+,32-,34-,35-,36+,38+,39-,40+,42-,43+,45-,46-,48+,50-,51-/m1/s1. The molecule has 2 aliphatic heterocycles. The van der Waals surface area contributed by atoms with Crippen molar-refractivity contribution in [3.05, 3.63) is 36.0 Å². The fourth-order valence-electron chi connectivity index (χ4n) is 9.99. The molecule has 2 amide bonds. The number of carbonyl (C=O) groups is 2. The van der Waals surface area contributed by atoms with Crippen LogP contribution in [0, 0.1) is 24.7 Å². The molecule has 2 aliphatic rings. The summed E-state index contributed by atoms with van der Waals surface area (Å²) < 4.78 is 43.2. The molecular weight excluding hydrogens is 907 g/mol. The predicted octanol–water partition coefficient (Wildman–Crippen LogP) is 4.69. The largest absolute Gasteiger partial charge is 0.459 e. The predicted molar refractivity (Wildman–Crippen MR) is 264 cm³/mol. The lowest BCUT2D eigenvalue weighted by Crippen LogP contribution is -2.59. The molecule has 2 saturated heterocycles. The number of methoxy groups -OCH3 is 1. The van der Waals surface area contributed by atoms with E-state index in [0.717, 1.165) is 5.56 Å². The van der Waals surface area contributed by atoms with Crippen molar-refractivity contribution in [3.63, 3.8) is 0 Å². The maximum atomic E-state index is 14.6. The van der Waals surface area contributed by atoms with Gasteiger partial charge >= 0.3 is 12.0 Å². The highest BCUT2D eigenvalue weighted by molar-refractivity contribution is 5.93. The molecule has 4 rings (SSSR count). The average molecular weight is 994 g/mol. The quantitative estimate of drug-likeness (QED) is 0.0608. The topological polar surface area (TPSA) is 247 Å². The minimum Gasteiger partial charge on any atom is -0.459 e. The molecule has 2 fully saturated rings. The van der Waals surface area contributed by atoms with Gasteiger partial charge in [-0.05, 0) is 101 Å². The van der Waals surface area contributed by atoms with Gasteiger partial charge < -0.3 is 74.0 Å². The number of aliphatic hydroxyl groups is 5. The fourth-order valence-corrected chi connectivity index (χ4v) is 9.99. The molecule has 400 valence electrons. The molecule has 70 heavy (non-hydrogen) atoms. The number of urea groups is 1. The zero-order valence-electron chi connectivity index (χ0n) is 44.2. The molecule has 0 bridgehead atoms. The van der Waals surface area contributed by atoms with Gasteiger partial charge in [-0.2, -0.15) is 0 Å². The van der Waals surface area contributed by atoms with Crippen molar-refractivity contribution >= 4 is 17.7 Å². The van der Waals surface area contributed by atoms with E-state index in [4.69, 9.17) is 32.9 Å². The summed E-state index contributed by atoms with van der Waals surface area (Å²) >= 11 is 0. The van der Waals surface area contributed by atoms with Crippen LogP contribution in [-0.4, -0.2) is 185 Å². The zero-order chi connectivity index (χ0) is 52.2. The van der Waals surface area contributed by atoms with E-state index < -0.39 is 96.4 Å². The molecule has 0 aliphatic carbocycles. The first-order valence-corrected chi connectivity index (χ1v) is 25.1. The Balaban J connectivity index is 1.72. The smallest absolute Gasteiger partial charge is 0.319 e. The summed E-state index contributed by atoms with van der Waals surface area (Å²) in [5.41, 5.74) is -1.90. The number of nitrogens with one attached hydrogen (secondary N) is 2. The Morgan fingerprint density at radius 3 is 2.36 bits per heavy atom. The number of hydrogen-bond acceptors (Lipinski definition) is 17. The number of rotatable bonds is 18. The Bertz CT molecular complexity index is 1890. The normalized spacial score (nSPS) is 34.5. The van der Waals surface area contributed by atoms with E-state index in [-0.39, 0.29) is 50.5 Å². The van der Waals surface area contributed by atoms with Crippen LogP contribution < -0.4 is 10.6 Å². The lowest BCUT2D eigenvalue weighted by atomic mass is 9.77. The average Bonchev–Trinajstić information content (AvgIpc) is 3.66. The first-order chi connectivity index (χ1) is 32.8. The van der Waals surface area contributed by atoms with Gasteiger partial charge in [-0.15, -0.1) is 0 Å². The van der Waals surface area contributed by atoms with Crippen LogP contribution in [0.3, 0.4) is 0 Å². The summed E-state index contributed by atoms with van der Waals surface area (Å²) in [5.74, 6) is -2.52. The summed E-state index contributed by atoms with van der Waals surface area (Å²) in [5, 5.41) is 69.3. The van der Waals surface area contributed by atoms with Crippen molar-refractivity contribution < 1.29 is 68.1 Å². The number of nitrogens with zero attached hydrogens (tertiary/aromatic N) is 3. The number of aliphatic hydroxyl groups excluding tert-OH is 3. The number of anilines is 1. The lowest BCUT2D eigenvalue weighted by molar-refractivity contribution is -0.306. The molecule has 0 spiro atoms. The van der Waals surface area contributed by atoms with Gasteiger partial charge in [-0.25, -0.2) is 4.79 Å². The lowest BCUT2D eigenvalue weighted by Gasteiger charge is -2.47. The van der Waals surface area contributed by atoms with E-state index in [2.05, 4.69) is 15.8 Å². The van der Waals surface area contributed by atoms with Crippen LogP contribution in [0.2, 0.25) is 0 Å². The van der Waals surface area contributed by atoms with E-state index in [1.165, 1.54) is 14.0 Å². The number of amides is 2. The first kappa shape index (κ1) is 59.3. The van der Waals surface area contributed by atoms with Crippen molar-refractivity contribution in [1.29, 1.82) is 0 Å². The monoisotopic (exact) mass is 994 g/mol. The maximum absolute atomic E-state index is 14.6. The number of likely N-dealkylation sites (N-methyl/N-ethyl adjacent to an activating group) is 1. The van der Waals surface area contributed by atoms with Gasteiger partial charge in [-0.3, -0.25) is 9.69 Å². The van der Waals surface area contributed by atoms with Crippen LogP contribution >= 0.6 is 0 Å². The first-order valence-electron chi connectivity index (χ1n) is 25.1. The second-order valence-electron chi connectivity index (χ2n) is 20.6. The second kappa shape index (κ2) is 26.6. The van der Waals surface area contributed by atoms with Crippen molar-refractivity contribution in [1.82, 2.24) is 20.3 Å². The second-order valence-corrected chi connectivity index (χ2v) is 20.6. The van der Waals surface area contributed by atoms with Gasteiger partial charge in [0.25, 0.3) is 0 Å². The summed E-state index contributed by atoms with van der Waals surface area (Å²) in [7, 11) is 5.28. The summed E-state index contributed by atoms with van der Waals surface area (Å²) in [6.07, 6.45) is -8.54. The van der Waals surface area contributed by atoms with Gasteiger partial charge in [0.1, 0.15) is 35.3 Å². The van der Waals surface area contributed by atoms with Crippen molar-refractivity contribution in [3.8, 4) is 11.3 Å². The molecule has 1 aromatic heterocycles. The van der Waals surface area contributed by atoms with E-state index >= 15 is 0 Å². The van der Waals surface area contributed by atoms with Crippen LogP contribution in [0.5, 0.6) is 0 Å². The molecule has 7 N–H and O–H groups in total. The SMILES string of the molecule is CC[C@H]1OC(=O)[C@H](C)[C@@H](O[C@@H](CCOC)O[C@@H](C)[C@@H](C)O)[C@H](C)[C@@H](O[C@@H]2O[C@H](C)C[C@H](N(C)C)[C@H]2O)[C@](C)(O)C[C@@H](C)CN(CCCNC(=O)Nc2c(C)noc2-c2ccccc2)[C@H](C)[C@@H](O)[C@]1(C)O. The number of hydrogen-bond donors (Lipinski definition) is 7. The van der Waals surface area contributed by atoms with Crippen LogP contribution in [0.4, 0.5) is 10.5 Å². The molecule has 19 nitrogen and oxygen atoms in total. The van der Waals surface area contributed by atoms with Gasteiger partial charge in [0.05, 0.1) is 48.6 Å². The van der Waals surface area contributed by atoms with Crippen molar-refractivity contribution in [2.75, 3.05) is 52.8 Å². The van der Waals surface area contributed by atoms with Gasteiger partial charge in [-0.1, -0.05) is 56.3 Å².